The second-order valence-corrected chi connectivity index (χ2v) is 6.73. The van der Waals surface area contributed by atoms with Crippen molar-refractivity contribution in [3.63, 3.8) is 0 Å². The van der Waals surface area contributed by atoms with Crippen molar-refractivity contribution in [2.75, 3.05) is 11.9 Å². The highest BCUT2D eigenvalue weighted by atomic mass is 16.1. The van der Waals surface area contributed by atoms with E-state index < -0.39 is 0 Å². The SMILES string of the molecule is CN(Cc1cnn(C)c1)c1nc2c(cnn2C(C)(C)C)c(=O)[nH]1. The first-order chi connectivity index (χ1) is 10.8. The van der Waals surface area contributed by atoms with Crippen LogP contribution in [0, 0.1) is 0 Å². The molecule has 3 aromatic heterocycles. The summed E-state index contributed by atoms with van der Waals surface area (Å²) in [5.74, 6) is 0.511. The highest BCUT2D eigenvalue weighted by molar-refractivity contribution is 5.74. The number of aryl methyl sites for hydroxylation is 1. The van der Waals surface area contributed by atoms with Gasteiger partial charge in [-0.15, -0.1) is 0 Å². The van der Waals surface area contributed by atoms with Gasteiger partial charge in [0.25, 0.3) is 5.56 Å². The summed E-state index contributed by atoms with van der Waals surface area (Å²) in [4.78, 5) is 21.6. The fourth-order valence-corrected chi connectivity index (χ4v) is 2.48. The van der Waals surface area contributed by atoms with E-state index in [1.165, 1.54) is 0 Å². The van der Waals surface area contributed by atoms with Crippen molar-refractivity contribution < 1.29 is 0 Å². The Kier molecular flexibility index (Phi) is 3.46. The summed E-state index contributed by atoms with van der Waals surface area (Å²) in [7, 11) is 3.76. The zero-order valence-corrected chi connectivity index (χ0v) is 14.0. The van der Waals surface area contributed by atoms with Gasteiger partial charge in [-0.1, -0.05) is 0 Å². The van der Waals surface area contributed by atoms with Gasteiger partial charge in [-0.3, -0.25) is 14.5 Å². The maximum Gasteiger partial charge on any atom is 0.263 e. The topological polar surface area (TPSA) is 84.6 Å². The molecule has 3 rings (SSSR count). The van der Waals surface area contributed by atoms with E-state index in [0.717, 1.165) is 5.56 Å². The molecule has 0 spiro atoms. The number of aromatic nitrogens is 6. The van der Waals surface area contributed by atoms with Crippen molar-refractivity contribution >= 4 is 17.0 Å². The molecule has 3 aromatic rings. The second kappa shape index (κ2) is 5.22. The predicted molar refractivity (Wildman–Crippen MR) is 88.5 cm³/mol. The van der Waals surface area contributed by atoms with Crippen LogP contribution >= 0.6 is 0 Å². The van der Waals surface area contributed by atoms with Crippen LogP contribution in [0.15, 0.2) is 23.4 Å². The van der Waals surface area contributed by atoms with Gasteiger partial charge in [-0.2, -0.15) is 15.2 Å². The number of hydrogen-bond acceptors (Lipinski definition) is 5. The van der Waals surface area contributed by atoms with Gasteiger partial charge in [0.2, 0.25) is 5.95 Å². The molecular weight excluding hydrogens is 294 g/mol. The molecule has 1 N–H and O–H groups in total. The molecule has 0 saturated carbocycles. The van der Waals surface area contributed by atoms with Crippen molar-refractivity contribution in [2.45, 2.75) is 32.9 Å². The smallest absolute Gasteiger partial charge is 0.263 e. The summed E-state index contributed by atoms with van der Waals surface area (Å²) in [6.45, 7) is 6.69. The molecule has 122 valence electrons. The van der Waals surface area contributed by atoms with E-state index in [4.69, 9.17) is 0 Å². The molecule has 0 aliphatic rings. The minimum absolute atomic E-state index is 0.182. The van der Waals surface area contributed by atoms with Crippen LogP contribution in [0.3, 0.4) is 0 Å². The lowest BCUT2D eigenvalue weighted by Crippen LogP contribution is -2.26. The quantitative estimate of drug-likeness (QED) is 0.786. The molecule has 0 aliphatic heterocycles. The third-order valence-corrected chi connectivity index (χ3v) is 3.60. The zero-order valence-electron chi connectivity index (χ0n) is 14.0. The Morgan fingerprint density at radius 1 is 1.26 bits per heavy atom. The number of H-pyrrole nitrogens is 1. The molecule has 8 nitrogen and oxygen atoms in total. The summed E-state index contributed by atoms with van der Waals surface area (Å²) in [6, 6.07) is 0. The standard InChI is InChI=1S/C15H21N7O/c1-15(2,3)22-12-11(7-17-22)13(23)19-14(18-12)20(4)8-10-6-16-21(5)9-10/h6-7,9H,8H2,1-5H3,(H,18,19,23). The van der Waals surface area contributed by atoms with E-state index in [1.807, 2.05) is 46.0 Å². The normalized spacial score (nSPS) is 12.0. The van der Waals surface area contributed by atoms with E-state index in [0.29, 0.717) is 23.5 Å². The molecule has 3 heterocycles. The summed E-state index contributed by atoms with van der Waals surface area (Å²) < 4.78 is 3.52. The Bertz CT molecular complexity index is 897. The number of fused-ring (bicyclic) bond motifs is 1. The Balaban J connectivity index is 2.02. The first kappa shape index (κ1) is 15.3. The third kappa shape index (κ3) is 2.84. The fraction of sp³-hybridized carbons (Fsp3) is 0.467. The van der Waals surface area contributed by atoms with Crippen LogP contribution in [0.5, 0.6) is 0 Å². The van der Waals surface area contributed by atoms with Gasteiger partial charge in [0.15, 0.2) is 5.65 Å². The maximum absolute atomic E-state index is 12.3. The molecule has 8 heteroatoms. The van der Waals surface area contributed by atoms with Gasteiger partial charge in [0.05, 0.1) is 17.9 Å². The molecule has 23 heavy (non-hydrogen) atoms. The van der Waals surface area contributed by atoms with Crippen molar-refractivity contribution in [3.8, 4) is 0 Å². The van der Waals surface area contributed by atoms with Crippen LogP contribution in [0.1, 0.15) is 26.3 Å². The first-order valence-electron chi connectivity index (χ1n) is 7.43. The summed E-state index contributed by atoms with van der Waals surface area (Å²) in [5.41, 5.74) is 1.21. The minimum Gasteiger partial charge on any atom is -0.341 e. The average Bonchev–Trinajstić information content (AvgIpc) is 3.04. The molecule has 0 aliphatic carbocycles. The van der Waals surface area contributed by atoms with E-state index in [9.17, 15) is 4.79 Å². The Morgan fingerprint density at radius 2 is 2.00 bits per heavy atom. The predicted octanol–water partition coefficient (Wildman–Crippen LogP) is 1.24. The number of nitrogens with one attached hydrogen (secondary N) is 1. The molecule has 0 bridgehead atoms. The Hall–Kier alpha value is -2.64. The molecular formula is C15H21N7O. The molecule has 0 saturated heterocycles. The number of aromatic amines is 1. The molecule has 0 aromatic carbocycles. The molecule has 0 radical (unpaired) electrons. The second-order valence-electron chi connectivity index (χ2n) is 6.73. The van der Waals surface area contributed by atoms with Crippen LogP contribution in [-0.4, -0.2) is 36.6 Å². The lowest BCUT2D eigenvalue weighted by atomic mass is 10.1. The summed E-state index contributed by atoms with van der Waals surface area (Å²) in [6.07, 6.45) is 5.30. The van der Waals surface area contributed by atoms with E-state index in [2.05, 4.69) is 20.2 Å². The minimum atomic E-state index is -0.248. The molecule has 0 amide bonds. The largest absolute Gasteiger partial charge is 0.341 e. The lowest BCUT2D eigenvalue weighted by molar-refractivity contribution is 0.366. The van der Waals surface area contributed by atoms with Crippen molar-refractivity contribution in [3.05, 3.63) is 34.5 Å². The molecule has 0 fully saturated rings. The fourth-order valence-electron chi connectivity index (χ4n) is 2.48. The van der Waals surface area contributed by atoms with Crippen LogP contribution in [0.2, 0.25) is 0 Å². The number of anilines is 1. The Morgan fingerprint density at radius 3 is 2.61 bits per heavy atom. The van der Waals surface area contributed by atoms with Gasteiger partial charge in [-0.25, -0.2) is 4.68 Å². The van der Waals surface area contributed by atoms with Crippen LogP contribution in [-0.2, 0) is 19.1 Å². The van der Waals surface area contributed by atoms with Crippen LogP contribution in [0.4, 0.5) is 5.95 Å². The van der Waals surface area contributed by atoms with E-state index >= 15 is 0 Å². The third-order valence-electron chi connectivity index (χ3n) is 3.60. The summed E-state index contributed by atoms with van der Waals surface area (Å²) >= 11 is 0. The van der Waals surface area contributed by atoms with Gasteiger partial charge < -0.3 is 4.90 Å². The van der Waals surface area contributed by atoms with Gasteiger partial charge >= 0.3 is 0 Å². The number of hydrogen-bond donors (Lipinski definition) is 1. The van der Waals surface area contributed by atoms with E-state index in [1.54, 1.807) is 21.8 Å². The average molecular weight is 315 g/mol. The molecule has 0 unspecified atom stereocenters. The summed E-state index contributed by atoms with van der Waals surface area (Å²) in [5, 5.41) is 8.97. The highest BCUT2D eigenvalue weighted by Crippen LogP contribution is 2.19. The first-order valence-corrected chi connectivity index (χ1v) is 7.43. The zero-order chi connectivity index (χ0) is 16.8. The molecule has 0 atom stereocenters. The highest BCUT2D eigenvalue weighted by Gasteiger charge is 2.20. The number of nitrogens with zero attached hydrogens (tertiary/aromatic N) is 6. The van der Waals surface area contributed by atoms with Crippen molar-refractivity contribution in [1.82, 2.24) is 29.5 Å². The Labute approximate surface area is 133 Å². The van der Waals surface area contributed by atoms with Gasteiger partial charge in [-0.05, 0) is 20.8 Å². The maximum atomic E-state index is 12.3. The van der Waals surface area contributed by atoms with Crippen LogP contribution in [0.25, 0.3) is 11.0 Å². The van der Waals surface area contributed by atoms with Crippen molar-refractivity contribution in [2.24, 2.45) is 7.05 Å². The monoisotopic (exact) mass is 315 g/mol. The number of rotatable bonds is 3. The lowest BCUT2D eigenvalue weighted by Gasteiger charge is -2.21. The van der Waals surface area contributed by atoms with Crippen molar-refractivity contribution in [1.29, 1.82) is 0 Å². The van der Waals surface area contributed by atoms with Crippen LogP contribution < -0.4 is 10.5 Å². The van der Waals surface area contributed by atoms with Gasteiger partial charge in [0, 0.05) is 32.4 Å². The van der Waals surface area contributed by atoms with E-state index in [-0.39, 0.29) is 11.1 Å². The van der Waals surface area contributed by atoms with Gasteiger partial charge in [0.1, 0.15) is 5.39 Å².